The molecule has 0 saturated heterocycles. The topological polar surface area (TPSA) is 90.4 Å². The predicted octanol–water partition coefficient (Wildman–Crippen LogP) is 3.45. The van der Waals surface area contributed by atoms with Crippen molar-refractivity contribution in [2.75, 3.05) is 12.4 Å². The molecule has 1 atom stereocenters. The third kappa shape index (κ3) is 5.05. The highest BCUT2D eigenvalue weighted by atomic mass is 32.2. The van der Waals surface area contributed by atoms with Gasteiger partial charge >= 0.3 is 0 Å². The van der Waals surface area contributed by atoms with Crippen LogP contribution in [0.5, 0.6) is 5.75 Å². The second-order valence-corrected chi connectivity index (χ2v) is 6.58. The number of aromatic nitrogens is 2. The van der Waals surface area contributed by atoms with Gasteiger partial charge < -0.3 is 9.84 Å². The first-order valence-corrected chi connectivity index (χ1v) is 8.99. The number of hydrogen-bond donors (Lipinski definition) is 1. The van der Waals surface area contributed by atoms with Crippen LogP contribution in [0.4, 0.5) is 10.1 Å². The molecular weight excluding hydrogens is 373 g/mol. The van der Waals surface area contributed by atoms with Crippen molar-refractivity contribution in [3.63, 3.8) is 0 Å². The van der Waals surface area contributed by atoms with E-state index < -0.39 is 11.0 Å². The van der Waals surface area contributed by atoms with Gasteiger partial charge in [0.15, 0.2) is 5.16 Å². The molecule has 0 aliphatic heterocycles. The molecule has 2 aromatic carbocycles. The van der Waals surface area contributed by atoms with E-state index in [9.17, 15) is 19.6 Å². The van der Waals surface area contributed by atoms with Gasteiger partial charge in [0.05, 0.1) is 22.8 Å². The molecule has 1 N–H and O–H groups in total. The number of aliphatic hydroxyl groups excluding tert-OH is 1. The Hall–Kier alpha value is -2.91. The molecule has 0 amide bonds. The van der Waals surface area contributed by atoms with E-state index in [0.717, 1.165) is 0 Å². The van der Waals surface area contributed by atoms with Crippen LogP contribution in [0.3, 0.4) is 0 Å². The van der Waals surface area contributed by atoms with Crippen LogP contribution < -0.4 is 4.74 Å². The minimum Gasteiger partial charge on any atom is -0.491 e. The molecule has 0 aliphatic carbocycles. The molecule has 0 aliphatic rings. The minimum absolute atomic E-state index is 0.0190. The van der Waals surface area contributed by atoms with Gasteiger partial charge in [-0.25, -0.2) is 9.37 Å². The molecule has 140 valence electrons. The van der Waals surface area contributed by atoms with Crippen LogP contribution in [0.2, 0.25) is 0 Å². The summed E-state index contributed by atoms with van der Waals surface area (Å²) in [6, 6.07) is 11.9. The van der Waals surface area contributed by atoms with E-state index in [1.807, 2.05) is 0 Å². The quantitative estimate of drug-likeness (QED) is 0.360. The van der Waals surface area contributed by atoms with E-state index in [1.54, 1.807) is 35.2 Å². The molecule has 0 radical (unpaired) electrons. The van der Waals surface area contributed by atoms with Gasteiger partial charge in [0.25, 0.3) is 5.69 Å². The Bertz CT molecular complexity index is 934. The first-order chi connectivity index (χ1) is 13.0. The molecule has 7 nitrogen and oxygen atoms in total. The first-order valence-electron chi connectivity index (χ1n) is 8.00. The van der Waals surface area contributed by atoms with Crippen molar-refractivity contribution in [3.05, 3.63) is 76.9 Å². The highest BCUT2D eigenvalue weighted by Crippen LogP contribution is 2.23. The van der Waals surface area contributed by atoms with E-state index in [-0.39, 0.29) is 18.1 Å². The summed E-state index contributed by atoms with van der Waals surface area (Å²) in [7, 11) is 0. The summed E-state index contributed by atoms with van der Waals surface area (Å²) in [5.41, 5.74) is 0.561. The number of nitrogens with zero attached hydrogens (tertiary/aromatic N) is 3. The Morgan fingerprint density at radius 2 is 2.11 bits per heavy atom. The number of halogens is 1. The number of ether oxygens (including phenoxy) is 1. The molecule has 3 aromatic rings. The van der Waals surface area contributed by atoms with E-state index in [4.69, 9.17) is 4.74 Å². The molecule has 27 heavy (non-hydrogen) atoms. The largest absolute Gasteiger partial charge is 0.491 e. The number of non-ortho nitro benzene ring substituents is 1. The third-order valence-electron chi connectivity index (χ3n) is 3.57. The number of rotatable bonds is 8. The van der Waals surface area contributed by atoms with Crippen molar-refractivity contribution in [2.24, 2.45) is 0 Å². The summed E-state index contributed by atoms with van der Waals surface area (Å²) in [4.78, 5) is 14.5. The lowest BCUT2D eigenvalue weighted by Gasteiger charge is -2.13. The molecule has 0 spiro atoms. The Balaban J connectivity index is 1.56. The number of imidazole rings is 1. The summed E-state index contributed by atoms with van der Waals surface area (Å²) in [6.07, 6.45) is 2.49. The molecule has 1 aromatic heterocycles. The van der Waals surface area contributed by atoms with Crippen LogP contribution in [0.25, 0.3) is 5.69 Å². The van der Waals surface area contributed by atoms with Crippen LogP contribution in [0.15, 0.2) is 66.1 Å². The van der Waals surface area contributed by atoms with Gasteiger partial charge in [0, 0.05) is 24.2 Å². The first kappa shape index (κ1) is 18.9. The number of aliphatic hydroxyl groups is 1. The SMILES string of the molecule is O=[N+]([O-])c1cccc(OCC(O)CSc2nccn2-c2cccc(F)c2)c1. The normalized spacial score (nSPS) is 11.9. The lowest BCUT2D eigenvalue weighted by molar-refractivity contribution is -0.384. The van der Waals surface area contributed by atoms with Crippen LogP contribution in [0, 0.1) is 15.9 Å². The molecular formula is C18H16FN3O4S. The van der Waals surface area contributed by atoms with Crippen molar-refractivity contribution < 1.29 is 19.2 Å². The summed E-state index contributed by atoms with van der Waals surface area (Å²) in [5, 5.41) is 21.5. The van der Waals surface area contributed by atoms with Crippen molar-refractivity contribution in [3.8, 4) is 11.4 Å². The second-order valence-electron chi connectivity index (χ2n) is 5.59. The number of thioether (sulfide) groups is 1. The molecule has 0 bridgehead atoms. The van der Waals surface area contributed by atoms with Gasteiger partial charge in [-0.15, -0.1) is 0 Å². The zero-order valence-corrected chi connectivity index (χ0v) is 14.9. The molecule has 0 fully saturated rings. The highest BCUT2D eigenvalue weighted by molar-refractivity contribution is 7.99. The van der Waals surface area contributed by atoms with Crippen molar-refractivity contribution in [1.82, 2.24) is 9.55 Å². The molecule has 0 saturated carbocycles. The fraction of sp³-hybridized carbons (Fsp3) is 0.167. The Kier molecular flexibility index (Phi) is 6.05. The molecule has 1 unspecified atom stereocenters. The maximum atomic E-state index is 13.4. The monoisotopic (exact) mass is 389 g/mol. The van der Waals surface area contributed by atoms with Crippen LogP contribution in [-0.2, 0) is 0 Å². The Labute approximate surface area is 158 Å². The molecule has 9 heteroatoms. The van der Waals surface area contributed by atoms with Crippen LogP contribution >= 0.6 is 11.8 Å². The lowest BCUT2D eigenvalue weighted by atomic mass is 10.3. The van der Waals surface area contributed by atoms with Gasteiger partial charge in [-0.05, 0) is 24.3 Å². The van der Waals surface area contributed by atoms with Gasteiger partial charge in [-0.3, -0.25) is 14.7 Å². The summed E-state index contributed by atoms with van der Waals surface area (Å²) in [6.45, 7) is -0.0190. The number of benzene rings is 2. The van der Waals surface area contributed by atoms with Gasteiger partial charge in [-0.1, -0.05) is 23.9 Å². The van der Waals surface area contributed by atoms with Gasteiger partial charge in [0.2, 0.25) is 0 Å². The Morgan fingerprint density at radius 1 is 1.30 bits per heavy atom. The van der Waals surface area contributed by atoms with E-state index in [1.165, 1.54) is 42.1 Å². The van der Waals surface area contributed by atoms with Gasteiger partial charge in [-0.2, -0.15) is 0 Å². The Morgan fingerprint density at radius 3 is 2.89 bits per heavy atom. The van der Waals surface area contributed by atoms with E-state index in [2.05, 4.69) is 4.98 Å². The number of hydrogen-bond acceptors (Lipinski definition) is 6. The lowest BCUT2D eigenvalue weighted by Crippen LogP contribution is -2.20. The van der Waals surface area contributed by atoms with Crippen molar-refractivity contribution in [2.45, 2.75) is 11.3 Å². The van der Waals surface area contributed by atoms with Crippen LogP contribution in [0.1, 0.15) is 0 Å². The zero-order chi connectivity index (χ0) is 19.2. The summed E-state index contributed by atoms with van der Waals surface area (Å²) in [5.74, 6) is 0.262. The molecule has 3 rings (SSSR count). The fourth-order valence-electron chi connectivity index (χ4n) is 2.32. The van der Waals surface area contributed by atoms with Crippen molar-refractivity contribution >= 4 is 17.4 Å². The summed E-state index contributed by atoms with van der Waals surface area (Å²) >= 11 is 1.30. The average molecular weight is 389 g/mol. The standard InChI is InChI=1S/C18H16FN3O4S/c19-13-3-1-4-14(9-13)21-8-7-20-18(21)27-12-16(23)11-26-17-6-2-5-15(10-17)22(24)25/h1-10,16,23H,11-12H2. The zero-order valence-electron chi connectivity index (χ0n) is 14.1. The fourth-order valence-corrected chi connectivity index (χ4v) is 3.20. The average Bonchev–Trinajstić information content (AvgIpc) is 3.13. The van der Waals surface area contributed by atoms with Crippen LogP contribution in [-0.4, -0.2) is 38.0 Å². The van der Waals surface area contributed by atoms with Crippen molar-refractivity contribution in [1.29, 1.82) is 0 Å². The third-order valence-corrected chi connectivity index (χ3v) is 4.68. The predicted molar refractivity (Wildman–Crippen MR) is 98.8 cm³/mol. The van der Waals surface area contributed by atoms with E-state index >= 15 is 0 Å². The molecule has 1 heterocycles. The maximum Gasteiger partial charge on any atom is 0.273 e. The number of nitro benzene ring substituents is 1. The smallest absolute Gasteiger partial charge is 0.273 e. The van der Waals surface area contributed by atoms with E-state index in [0.29, 0.717) is 22.3 Å². The van der Waals surface area contributed by atoms with Gasteiger partial charge in [0.1, 0.15) is 18.2 Å². The second kappa shape index (κ2) is 8.65. The minimum atomic E-state index is -0.813. The number of nitro groups is 1. The maximum absolute atomic E-state index is 13.4. The highest BCUT2D eigenvalue weighted by Gasteiger charge is 2.12. The summed E-state index contributed by atoms with van der Waals surface area (Å²) < 4.78 is 20.5.